The van der Waals surface area contributed by atoms with Crippen LogP contribution >= 0.6 is 35.0 Å². The number of Topliss-reactive ketones (excluding diaryl/α,β-unsaturated/α-hetero) is 1. The highest BCUT2D eigenvalue weighted by Gasteiger charge is 2.33. The summed E-state index contributed by atoms with van der Waals surface area (Å²) in [4.78, 5) is 48.3. The van der Waals surface area contributed by atoms with Gasteiger partial charge >= 0.3 is 0 Å². The lowest BCUT2D eigenvalue weighted by molar-refractivity contribution is -0.128. The number of para-hydroxylation sites is 1. The van der Waals surface area contributed by atoms with E-state index in [1.165, 1.54) is 16.7 Å². The monoisotopic (exact) mass is 592 g/mol. The van der Waals surface area contributed by atoms with Gasteiger partial charge in [-0.05, 0) is 67.1 Å². The predicted molar refractivity (Wildman–Crippen MR) is 163 cm³/mol. The van der Waals surface area contributed by atoms with Crippen LogP contribution in [0.5, 0.6) is 0 Å². The van der Waals surface area contributed by atoms with Gasteiger partial charge in [0.1, 0.15) is 5.70 Å². The van der Waals surface area contributed by atoms with E-state index in [1.54, 1.807) is 31.2 Å². The lowest BCUT2D eigenvalue weighted by Crippen LogP contribution is -2.49. The summed E-state index contributed by atoms with van der Waals surface area (Å²) in [7, 11) is 0. The van der Waals surface area contributed by atoms with Gasteiger partial charge in [-0.2, -0.15) is 0 Å². The van der Waals surface area contributed by atoms with Gasteiger partial charge in [0, 0.05) is 37.4 Å². The molecule has 0 N–H and O–H groups in total. The molecule has 204 valence electrons. The van der Waals surface area contributed by atoms with E-state index in [2.05, 4.69) is 9.89 Å². The number of anilines is 2. The summed E-state index contributed by atoms with van der Waals surface area (Å²) in [6.45, 7) is 4.12. The van der Waals surface area contributed by atoms with E-state index in [1.807, 2.05) is 59.5 Å². The Bertz CT molecular complexity index is 1500. The summed E-state index contributed by atoms with van der Waals surface area (Å²) in [5, 5.41) is 1.26. The van der Waals surface area contributed by atoms with E-state index in [-0.39, 0.29) is 29.0 Å². The molecule has 1 saturated heterocycles. The number of amides is 2. The van der Waals surface area contributed by atoms with Gasteiger partial charge in [0.05, 0.1) is 21.5 Å². The number of hydrogen-bond donors (Lipinski definition) is 0. The fraction of sp³-hybridized carbons (Fsp3) is 0.200. The highest BCUT2D eigenvalue weighted by atomic mass is 35.5. The first-order valence-corrected chi connectivity index (χ1v) is 14.5. The zero-order valence-electron chi connectivity index (χ0n) is 21.7. The first-order chi connectivity index (χ1) is 19.3. The van der Waals surface area contributed by atoms with Crippen molar-refractivity contribution in [3.63, 3.8) is 0 Å². The molecular weight excluding hydrogens is 567 g/mol. The highest BCUT2D eigenvalue weighted by Crippen LogP contribution is 2.31. The number of carbonyl (C=O) groups is 3. The lowest BCUT2D eigenvalue weighted by Gasteiger charge is -2.36. The molecule has 40 heavy (non-hydrogen) atoms. The lowest BCUT2D eigenvalue weighted by atomic mass is 10.1. The number of amidine groups is 1. The van der Waals surface area contributed by atoms with Gasteiger partial charge in [-0.25, -0.2) is 4.99 Å². The van der Waals surface area contributed by atoms with Crippen LogP contribution in [0, 0.1) is 0 Å². The molecule has 0 bridgehead atoms. The Balaban J connectivity index is 1.26. The number of ketones is 1. The van der Waals surface area contributed by atoms with Gasteiger partial charge in [-0.3, -0.25) is 19.3 Å². The van der Waals surface area contributed by atoms with E-state index in [4.69, 9.17) is 23.2 Å². The van der Waals surface area contributed by atoms with Gasteiger partial charge in [0.25, 0.3) is 5.91 Å². The van der Waals surface area contributed by atoms with Crippen LogP contribution in [0.1, 0.15) is 22.8 Å². The number of thioether (sulfide) groups is 1. The van der Waals surface area contributed by atoms with Crippen LogP contribution in [0.2, 0.25) is 10.0 Å². The molecule has 0 atom stereocenters. The summed E-state index contributed by atoms with van der Waals surface area (Å²) in [5.74, 6) is -0.0999. The molecule has 2 aliphatic heterocycles. The molecule has 2 aliphatic rings. The molecule has 0 aromatic heterocycles. The molecule has 0 radical (unpaired) electrons. The zero-order valence-corrected chi connectivity index (χ0v) is 24.0. The molecule has 7 nitrogen and oxygen atoms in total. The number of benzene rings is 3. The fourth-order valence-electron chi connectivity index (χ4n) is 4.50. The maximum atomic E-state index is 13.4. The van der Waals surface area contributed by atoms with Crippen molar-refractivity contribution in [1.82, 2.24) is 4.90 Å². The Labute approximate surface area is 247 Å². The number of halogens is 2. The SMILES string of the molecule is CC(=O)c1ccc(N2CCN(C(=O)CSC3=N/C(=C/c4ccc(Cl)c(Cl)c4)C(=O)N3c3ccccc3)CC2)cc1. The maximum absolute atomic E-state index is 13.4. The minimum Gasteiger partial charge on any atom is -0.368 e. The zero-order chi connectivity index (χ0) is 28.2. The van der Waals surface area contributed by atoms with E-state index < -0.39 is 0 Å². The standard InChI is InChI=1S/C30H26Cl2N4O3S/c1-20(37)22-8-10-23(11-9-22)34-13-15-35(16-14-34)28(38)19-40-30-33-27(18-21-7-12-25(31)26(32)17-21)29(39)36(30)24-5-3-2-4-6-24/h2-12,17-18H,13-16,19H2,1H3/b27-18+. The van der Waals surface area contributed by atoms with Crippen molar-refractivity contribution in [2.24, 2.45) is 4.99 Å². The van der Waals surface area contributed by atoms with Crippen LogP contribution in [0.25, 0.3) is 6.08 Å². The second kappa shape index (κ2) is 12.3. The molecule has 0 spiro atoms. The third-order valence-corrected chi connectivity index (χ3v) is 8.35. The molecule has 0 unspecified atom stereocenters. The van der Waals surface area contributed by atoms with Crippen LogP contribution in [0.4, 0.5) is 11.4 Å². The van der Waals surface area contributed by atoms with Crippen LogP contribution in [-0.4, -0.2) is 59.6 Å². The van der Waals surface area contributed by atoms with Crippen molar-refractivity contribution in [1.29, 1.82) is 0 Å². The normalized spacial score (nSPS) is 16.5. The summed E-state index contributed by atoms with van der Waals surface area (Å²) < 4.78 is 0. The first kappa shape index (κ1) is 28.0. The smallest absolute Gasteiger partial charge is 0.283 e. The number of carbonyl (C=O) groups excluding carboxylic acids is 3. The minimum absolute atomic E-state index is 0.0124. The molecule has 3 aromatic rings. The Morgan fingerprint density at radius 2 is 1.60 bits per heavy atom. The van der Waals surface area contributed by atoms with Crippen LogP contribution < -0.4 is 9.80 Å². The fourth-order valence-corrected chi connectivity index (χ4v) is 5.72. The van der Waals surface area contributed by atoms with Gasteiger partial charge in [-0.15, -0.1) is 0 Å². The Kier molecular flexibility index (Phi) is 8.59. The van der Waals surface area contributed by atoms with Crippen LogP contribution in [-0.2, 0) is 9.59 Å². The van der Waals surface area contributed by atoms with E-state index in [0.29, 0.717) is 58.2 Å². The average Bonchev–Trinajstić information content (AvgIpc) is 3.28. The third-order valence-electron chi connectivity index (χ3n) is 6.69. The highest BCUT2D eigenvalue weighted by molar-refractivity contribution is 8.14. The van der Waals surface area contributed by atoms with E-state index in [0.717, 1.165) is 5.69 Å². The predicted octanol–water partition coefficient (Wildman–Crippen LogP) is 6.02. The van der Waals surface area contributed by atoms with Crippen LogP contribution in [0.15, 0.2) is 83.5 Å². The van der Waals surface area contributed by atoms with Crippen molar-refractivity contribution in [2.45, 2.75) is 6.92 Å². The average molecular weight is 594 g/mol. The molecule has 10 heteroatoms. The number of rotatable bonds is 6. The number of nitrogens with zero attached hydrogens (tertiary/aromatic N) is 4. The second-order valence-electron chi connectivity index (χ2n) is 9.33. The Morgan fingerprint density at radius 1 is 0.900 bits per heavy atom. The summed E-state index contributed by atoms with van der Waals surface area (Å²) in [6.07, 6.45) is 1.66. The van der Waals surface area contributed by atoms with Crippen molar-refractivity contribution in [2.75, 3.05) is 41.7 Å². The van der Waals surface area contributed by atoms with Gasteiger partial charge in [-0.1, -0.05) is 59.2 Å². The topological polar surface area (TPSA) is 73.3 Å². The third kappa shape index (κ3) is 6.25. The van der Waals surface area contributed by atoms with Gasteiger partial charge in [0.15, 0.2) is 11.0 Å². The van der Waals surface area contributed by atoms with E-state index in [9.17, 15) is 14.4 Å². The van der Waals surface area contributed by atoms with Crippen molar-refractivity contribution >= 4 is 75.2 Å². The van der Waals surface area contributed by atoms with Crippen molar-refractivity contribution in [3.05, 3.63) is 99.7 Å². The summed E-state index contributed by atoms with van der Waals surface area (Å²) in [5.41, 5.74) is 3.34. The first-order valence-electron chi connectivity index (χ1n) is 12.7. The molecule has 5 rings (SSSR count). The second-order valence-corrected chi connectivity index (χ2v) is 11.1. The van der Waals surface area contributed by atoms with Gasteiger partial charge in [0.2, 0.25) is 5.91 Å². The van der Waals surface area contributed by atoms with Crippen LogP contribution in [0.3, 0.4) is 0 Å². The largest absolute Gasteiger partial charge is 0.368 e. The summed E-state index contributed by atoms with van der Waals surface area (Å²) >= 11 is 13.4. The van der Waals surface area contributed by atoms with Gasteiger partial charge < -0.3 is 9.80 Å². The quantitative estimate of drug-likeness (QED) is 0.258. The molecule has 2 amide bonds. The molecule has 2 heterocycles. The molecule has 0 aliphatic carbocycles. The molecule has 0 saturated carbocycles. The van der Waals surface area contributed by atoms with Crippen molar-refractivity contribution < 1.29 is 14.4 Å². The molecular formula is C30H26Cl2N4O3S. The Morgan fingerprint density at radius 3 is 2.25 bits per heavy atom. The summed E-state index contributed by atoms with van der Waals surface area (Å²) in [6, 6.07) is 21.9. The number of hydrogen-bond acceptors (Lipinski definition) is 6. The maximum Gasteiger partial charge on any atom is 0.283 e. The van der Waals surface area contributed by atoms with Crippen molar-refractivity contribution in [3.8, 4) is 0 Å². The molecule has 1 fully saturated rings. The van der Waals surface area contributed by atoms with E-state index >= 15 is 0 Å². The minimum atomic E-state index is -0.281. The number of aliphatic imine (C=N–C) groups is 1. The molecule has 3 aromatic carbocycles. The number of piperazine rings is 1. The Hall–Kier alpha value is -3.59.